The molecule has 4 heavy (non-hydrogen) atoms. The third-order valence-corrected chi connectivity index (χ3v) is 0. The van der Waals surface area contributed by atoms with Crippen LogP contribution in [0.5, 0.6) is 0 Å². The topological polar surface area (TPSA) is 0 Å². The first-order chi connectivity index (χ1) is 0. The van der Waals surface area contributed by atoms with Crippen molar-refractivity contribution >= 4 is 0 Å². The van der Waals surface area contributed by atoms with E-state index >= 15 is 0 Å². The van der Waals surface area contributed by atoms with Crippen LogP contribution >= 0.6 is 0 Å². The van der Waals surface area contributed by atoms with Crippen molar-refractivity contribution < 1.29 is 86.8 Å². The Morgan fingerprint density at radius 2 is 1.00 bits per heavy atom. The zero-order chi connectivity index (χ0) is 0. The summed E-state index contributed by atoms with van der Waals surface area (Å²) in [4.78, 5) is 0. The molecule has 0 nitrogen and oxygen atoms in total. The molecule has 0 atom stereocenters. The number of rotatable bonds is 0. The molecule has 0 N–H and O–H groups in total. The summed E-state index contributed by atoms with van der Waals surface area (Å²) in [5.41, 5.74) is 0. The Balaban J connectivity index is 0. The van der Waals surface area contributed by atoms with E-state index in [0.717, 1.165) is 0 Å². The molecule has 0 saturated carbocycles. The van der Waals surface area contributed by atoms with E-state index in [1.807, 2.05) is 0 Å². The Morgan fingerprint density at radius 1 is 1.00 bits per heavy atom. The van der Waals surface area contributed by atoms with Gasteiger partial charge in [0.15, 0.2) is 0 Å². The first-order valence-corrected chi connectivity index (χ1v) is 0. The Morgan fingerprint density at radius 3 is 1.00 bits per heavy atom. The standard InChI is InChI=1S/Ni.Ta.Ti.Zr. The van der Waals surface area contributed by atoms with Crippen LogP contribution in [-0.2, 0) is 86.8 Å². The van der Waals surface area contributed by atoms with Crippen molar-refractivity contribution in [2.45, 2.75) is 0 Å². The monoisotopic (exact) mass is 377 g/mol. The molecule has 0 spiro atoms. The van der Waals surface area contributed by atoms with Crippen molar-refractivity contribution in [2.75, 3.05) is 0 Å². The molecule has 0 saturated heterocycles. The van der Waals surface area contributed by atoms with Gasteiger partial charge in [0, 0.05) is 86.8 Å². The van der Waals surface area contributed by atoms with Gasteiger partial charge >= 0.3 is 0 Å². The molecule has 0 rings (SSSR count). The first-order valence-electron chi connectivity index (χ1n) is 0. The molecule has 0 aromatic carbocycles. The van der Waals surface area contributed by atoms with Crippen LogP contribution in [0.4, 0.5) is 0 Å². The minimum absolute atomic E-state index is 0. The molecule has 0 aromatic rings. The van der Waals surface area contributed by atoms with E-state index < -0.39 is 0 Å². The van der Waals surface area contributed by atoms with Gasteiger partial charge in [0.1, 0.15) is 0 Å². The van der Waals surface area contributed by atoms with Crippen LogP contribution in [0.2, 0.25) is 0 Å². The van der Waals surface area contributed by atoms with Gasteiger partial charge in [-0.15, -0.1) is 0 Å². The van der Waals surface area contributed by atoms with E-state index in [0.29, 0.717) is 0 Å². The van der Waals surface area contributed by atoms with Crippen molar-refractivity contribution in [3.63, 3.8) is 0 Å². The first kappa shape index (κ1) is 29.0. The van der Waals surface area contributed by atoms with Gasteiger partial charge in [-0.25, -0.2) is 0 Å². The van der Waals surface area contributed by atoms with Crippen molar-refractivity contribution in [3.8, 4) is 0 Å². The second-order valence-corrected chi connectivity index (χ2v) is 0. The predicted octanol–water partition coefficient (Wildman–Crippen LogP) is -0.0100. The second-order valence-electron chi connectivity index (χ2n) is 0. The Bertz CT molecular complexity index is 8.00. The van der Waals surface area contributed by atoms with Crippen LogP contribution in [0, 0.1) is 0 Å². The van der Waals surface area contributed by atoms with E-state index in [-0.39, 0.29) is 86.8 Å². The summed E-state index contributed by atoms with van der Waals surface area (Å²) in [7, 11) is 0. The minimum atomic E-state index is 0. The fraction of sp³-hybridized carbons (Fsp3) is 0. The van der Waals surface area contributed by atoms with Gasteiger partial charge in [0.05, 0.1) is 0 Å². The maximum atomic E-state index is 0. The average Bonchev–Trinajstić information content (AvgIpc) is 0. The van der Waals surface area contributed by atoms with Crippen LogP contribution in [0.25, 0.3) is 0 Å². The molecule has 0 aliphatic rings. The predicted molar refractivity (Wildman–Crippen MR) is 0 cm³/mol. The summed E-state index contributed by atoms with van der Waals surface area (Å²) in [5, 5.41) is 0. The fourth-order valence-corrected chi connectivity index (χ4v) is 0. The maximum Gasteiger partial charge on any atom is 0 e. The van der Waals surface area contributed by atoms with Crippen LogP contribution < -0.4 is 0 Å². The van der Waals surface area contributed by atoms with Crippen molar-refractivity contribution in [3.05, 3.63) is 0 Å². The molecule has 0 fully saturated rings. The molecule has 0 unspecified atom stereocenters. The summed E-state index contributed by atoms with van der Waals surface area (Å²) in [6.07, 6.45) is 0. The average molecular weight is 379 g/mol. The maximum absolute atomic E-state index is 0. The van der Waals surface area contributed by atoms with Crippen molar-refractivity contribution in [1.29, 1.82) is 0 Å². The molecule has 0 heterocycles. The largest absolute Gasteiger partial charge is 0 e. The molecule has 4 heteroatoms. The van der Waals surface area contributed by atoms with E-state index in [9.17, 15) is 0 Å². The smallest absolute Gasteiger partial charge is 0 e. The van der Waals surface area contributed by atoms with Crippen molar-refractivity contribution in [1.82, 2.24) is 0 Å². The van der Waals surface area contributed by atoms with E-state index in [1.165, 1.54) is 0 Å². The van der Waals surface area contributed by atoms with Crippen LogP contribution in [0.15, 0.2) is 0 Å². The SMILES string of the molecule is [Ni].[Ta].[Ti].[Zr]. The molecule has 0 amide bonds. The van der Waals surface area contributed by atoms with Crippen LogP contribution in [0.3, 0.4) is 0 Å². The molecule has 0 aromatic heterocycles. The van der Waals surface area contributed by atoms with Gasteiger partial charge in [-0.3, -0.25) is 0 Å². The molecule has 0 aliphatic carbocycles. The summed E-state index contributed by atoms with van der Waals surface area (Å²) in [5.74, 6) is 0. The third-order valence-electron chi connectivity index (χ3n) is 0. The zero-order valence-electron chi connectivity index (χ0n) is 1.76. The van der Waals surface area contributed by atoms with Gasteiger partial charge in [0.2, 0.25) is 0 Å². The third kappa shape index (κ3) is 8.85. The van der Waals surface area contributed by atoms with Crippen LogP contribution in [-0.4, -0.2) is 0 Å². The number of hydrogen-bond acceptors (Lipinski definition) is 0. The van der Waals surface area contributed by atoms with Gasteiger partial charge in [-0.05, 0) is 0 Å². The van der Waals surface area contributed by atoms with E-state index in [1.54, 1.807) is 0 Å². The van der Waals surface area contributed by atoms with Gasteiger partial charge in [-0.2, -0.15) is 0 Å². The van der Waals surface area contributed by atoms with Crippen LogP contribution in [0.1, 0.15) is 0 Å². The summed E-state index contributed by atoms with van der Waals surface area (Å²) in [6.45, 7) is 0. The Kier molecular flexibility index (Phi) is 123. The minimum Gasteiger partial charge on any atom is 0 e. The van der Waals surface area contributed by atoms with Gasteiger partial charge in [-0.1, -0.05) is 0 Å². The summed E-state index contributed by atoms with van der Waals surface area (Å²) >= 11 is 0. The fourth-order valence-electron chi connectivity index (χ4n) is 0. The summed E-state index contributed by atoms with van der Waals surface area (Å²) < 4.78 is 0. The normalized spacial score (nSPS) is 0. The van der Waals surface area contributed by atoms with Gasteiger partial charge < -0.3 is 0 Å². The molecule has 0 aliphatic heterocycles. The molecule has 23 valence electrons. The molecule has 0 bridgehead atoms. The van der Waals surface area contributed by atoms with E-state index in [2.05, 4.69) is 0 Å². The van der Waals surface area contributed by atoms with Gasteiger partial charge in [0.25, 0.3) is 0 Å². The molecular weight excluding hydrogens is 379 g/mol. The zero-order valence-corrected chi connectivity index (χ0v) is 9.98. The molecule has 1 radical (unpaired) electrons. The Hall–Kier alpha value is 2.83. The Labute approximate surface area is 85.3 Å². The summed E-state index contributed by atoms with van der Waals surface area (Å²) in [6, 6.07) is 0. The molecular formula is NiTaTiZr. The number of hydrogen-bond donors (Lipinski definition) is 0. The van der Waals surface area contributed by atoms with Crippen molar-refractivity contribution in [2.24, 2.45) is 0 Å². The van der Waals surface area contributed by atoms with E-state index in [4.69, 9.17) is 0 Å². The second kappa shape index (κ2) is 17.0. The quantitative estimate of drug-likeness (QED) is 0.520.